The number of ether oxygens (including phenoxy) is 1. The number of aromatic nitrogens is 1. The predicted octanol–water partition coefficient (Wildman–Crippen LogP) is 4.30. The van der Waals surface area contributed by atoms with Crippen LogP contribution in [0.3, 0.4) is 0 Å². The van der Waals surface area contributed by atoms with Gasteiger partial charge in [0.25, 0.3) is 0 Å². The molecule has 116 valence electrons. The maximum Gasteiger partial charge on any atom is 0.199 e. The Morgan fingerprint density at radius 2 is 2.23 bits per heavy atom. The van der Waals surface area contributed by atoms with Gasteiger partial charge in [0, 0.05) is 34.1 Å². The molecule has 22 heavy (non-hydrogen) atoms. The molecule has 0 spiro atoms. The van der Waals surface area contributed by atoms with Crippen molar-refractivity contribution in [1.82, 2.24) is 5.16 Å². The zero-order chi connectivity index (χ0) is 15.7. The molecule has 1 aromatic carbocycles. The third kappa shape index (κ3) is 2.81. The number of rotatable bonds is 6. The van der Waals surface area contributed by atoms with Crippen LogP contribution >= 0.6 is 23.4 Å². The van der Waals surface area contributed by atoms with Crippen molar-refractivity contribution < 1.29 is 14.1 Å². The molecule has 1 heterocycles. The fourth-order valence-electron chi connectivity index (χ4n) is 2.50. The lowest BCUT2D eigenvalue weighted by Gasteiger charge is -2.13. The largest absolute Gasteiger partial charge is 0.380 e. The van der Waals surface area contributed by atoms with Crippen molar-refractivity contribution in [3.8, 4) is 0 Å². The predicted molar refractivity (Wildman–Crippen MR) is 85.9 cm³/mol. The Balaban J connectivity index is 2.05. The summed E-state index contributed by atoms with van der Waals surface area (Å²) >= 11 is 7.74. The summed E-state index contributed by atoms with van der Waals surface area (Å²) in [7, 11) is 1.61. The fourth-order valence-corrected chi connectivity index (χ4v) is 3.56. The van der Waals surface area contributed by atoms with Crippen LogP contribution in [0.4, 0.5) is 0 Å². The van der Waals surface area contributed by atoms with E-state index in [1.54, 1.807) is 19.2 Å². The SMILES string of the molecule is COCc1c(Cl)ccc(C(=O)c2cnoc2C2CC2)c1SC. The zero-order valence-corrected chi connectivity index (χ0v) is 14.0. The van der Waals surface area contributed by atoms with Crippen LogP contribution < -0.4 is 0 Å². The summed E-state index contributed by atoms with van der Waals surface area (Å²) < 4.78 is 10.5. The molecule has 1 saturated carbocycles. The highest BCUT2D eigenvalue weighted by atomic mass is 35.5. The lowest BCUT2D eigenvalue weighted by molar-refractivity contribution is 0.103. The van der Waals surface area contributed by atoms with Crippen LogP contribution in [0.1, 0.15) is 46.0 Å². The van der Waals surface area contributed by atoms with E-state index in [9.17, 15) is 4.79 Å². The average molecular weight is 338 g/mol. The quantitative estimate of drug-likeness (QED) is 0.581. The first-order valence-electron chi connectivity index (χ1n) is 7.01. The van der Waals surface area contributed by atoms with E-state index in [1.165, 1.54) is 18.0 Å². The van der Waals surface area contributed by atoms with Crippen LogP contribution in [0.15, 0.2) is 27.7 Å². The summed E-state index contributed by atoms with van der Waals surface area (Å²) in [6, 6.07) is 3.51. The normalized spacial score (nSPS) is 14.3. The molecule has 0 atom stereocenters. The molecule has 0 radical (unpaired) electrons. The second kappa shape index (κ2) is 6.44. The maximum absolute atomic E-state index is 12.9. The van der Waals surface area contributed by atoms with E-state index in [4.69, 9.17) is 20.9 Å². The molecule has 2 aromatic rings. The molecule has 0 N–H and O–H groups in total. The molecule has 0 amide bonds. The van der Waals surface area contributed by atoms with Gasteiger partial charge in [0.15, 0.2) is 11.5 Å². The highest BCUT2D eigenvalue weighted by Crippen LogP contribution is 2.42. The van der Waals surface area contributed by atoms with E-state index in [-0.39, 0.29) is 5.78 Å². The van der Waals surface area contributed by atoms with E-state index < -0.39 is 0 Å². The van der Waals surface area contributed by atoms with Gasteiger partial charge < -0.3 is 9.26 Å². The maximum atomic E-state index is 12.9. The number of hydrogen-bond acceptors (Lipinski definition) is 5. The first-order valence-corrected chi connectivity index (χ1v) is 8.61. The Labute approximate surface area is 138 Å². The van der Waals surface area contributed by atoms with Gasteiger partial charge in [-0.2, -0.15) is 0 Å². The summed E-state index contributed by atoms with van der Waals surface area (Å²) in [4.78, 5) is 13.8. The molecule has 1 aromatic heterocycles. The molecule has 0 bridgehead atoms. The van der Waals surface area contributed by atoms with Crippen molar-refractivity contribution in [3.05, 3.63) is 45.8 Å². The highest BCUT2D eigenvalue weighted by Gasteiger charge is 2.33. The lowest BCUT2D eigenvalue weighted by Crippen LogP contribution is -2.07. The Bertz CT molecular complexity index is 709. The van der Waals surface area contributed by atoms with Crippen LogP contribution in [-0.4, -0.2) is 24.3 Å². The first-order chi connectivity index (χ1) is 10.7. The summed E-state index contributed by atoms with van der Waals surface area (Å²) in [6.07, 6.45) is 5.56. The second-order valence-corrected chi connectivity index (χ2v) is 6.47. The minimum atomic E-state index is -0.0680. The molecule has 6 heteroatoms. The highest BCUT2D eigenvalue weighted by molar-refractivity contribution is 7.98. The van der Waals surface area contributed by atoms with Crippen LogP contribution in [0.25, 0.3) is 0 Å². The number of benzene rings is 1. The topological polar surface area (TPSA) is 52.3 Å². The molecule has 1 aliphatic carbocycles. The van der Waals surface area contributed by atoms with Crippen molar-refractivity contribution in [2.45, 2.75) is 30.3 Å². The molecular formula is C16H16ClNO3S. The molecule has 0 unspecified atom stereocenters. The molecular weight excluding hydrogens is 322 g/mol. The Morgan fingerprint density at radius 1 is 1.45 bits per heavy atom. The Morgan fingerprint density at radius 3 is 2.86 bits per heavy atom. The van der Waals surface area contributed by atoms with Crippen molar-refractivity contribution >= 4 is 29.1 Å². The summed E-state index contributed by atoms with van der Waals surface area (Å²) in [5, 5.41) is 4.42. The van der Waals surface area contributed by atoms with E-state index in [1.807, 2.05) is 6.26 Å². The number of methoxy groups -OCH3 is 1. The standard InChI is InChI=1S/C16H16ClNO3S/c1-20-8-12-13(17)6-5-10(16(12)22-2)14(19)11-7-18-21-15(11)9-3-4-9/h5-7,9H,3-4,8H2,1-2H3. The van der Waals surface area contributed by atoms with Crippen molar-refractivity contribution in [1.29, 1.82) is 0 Å². The number of nitrogens with zero attached hydrogens (tertiary/aromatic N) is 1. The molecule has 0 saturated heterocycles. The van der Waals surface area contributed by atoms with Gasteiger partial charge in [0.2, 0.25) is 0 Å². The van der Waals surface area contributed by atoms with E-state index in [0.717, 1.165) is 23.3 Å². The van der Waals surface area contributed by atoms with Gasteiger partial charge in [-0.15, -0.1) is 11.8 Å². The fraction of sp³-hybridized carbons (Fsp3) is 0.375. The van der Waals surface area contributed by atoms with Crippen LogP contribution in [0, 0.1) is 0 Å². The zero-order valence-electron chi connectivity index (χ0n) is 12.4. The second-order valence-electron chi connectivity index (χ2n) is 5.25. The van der Waals surface area contributed by atoms with Gasteiger partial charge in [-0.3, -0.25) is 4.79 Å². The lowest BCUT2D eigenvalue weighted by atomic mass is 10.0. The number of carbonyl (C=O) groups excluding carboxylic acids is 1. The van der Waals surface area contributed by atoms with Gasteiger partial charge in [-0.05, 0) is 31.2 Å². The van der Waals surface area contributed by atoms with Crippen molar-refractivity contribution in [2.75, 3.05) is 13.4 Å². The van der Waals surface area contributed by atoms with E-state index in [0.29, 0.717) is 34.4 Å². The number of ketones is 1. The van der Waals surface area contributed by atoms with Gasteiger partial charge in [-0.25, -0.2) is 0 Å². The Kier molecular flexibility index (Phi) is 4.57. The Hall–Kier alpha value is -1.30. The van der Waals surface area contributed by atoms with Gasteiger partial charge in [0.1, 0.15) is 0 Å². The number of halogens is 1. The third-order valence-electron chi connectivity index (χ3n) is 3.73. The van der Waals surface area contributed by atoms with Gasteiger partial charge >= 0.3 is 0 Å². The smallest absolute Gasteiger partial charge is 0.199 e. The summed E-state index contributed by atoms with van der Waals surface area (Å²) in [5.41, 5.74) is 2.02. The monoisotopic (exact) mass is 337 g/mol. The van der Waals surface area contributed by atoms with E-state index >= 15 is 0 Å². The summed E-state index contributed by atoms with van der Waals surface area (Å²) in [5.74, 6) is 0.978. The molecule has 3 rings (SSSR count). The minimum Gasteiger partial charge on any atom is -0.380 e. The van der Waals surface area contributed by atoms with Crippen LogP contribution in [0.2, 0.25) is 5.02 Å². The average Bonchev–Trinajstić information content (AvgIpc) is 3.25. The third-order valence-corrected chi connectivity index (χ3v) is 4.96. The van der Waals surface area contributed by atoms with Gasteiger partial charge in [-0.1, -0.05) is 16.8 Å². The minimum absolute atomic E-state index is 0.0680. The van der Waals surface area contributed by atoms with Gasteiger partial charge in [0.05, 0.1) is 18.4 Å². The number of hydrogen-bond donors (Lipinski definition) is 0. The van der Waals surface area contributed by atoms with Crippen LogP contribution in [0.5, 0.6) is 0 Å². The van der Waals surface area contributed by atoms with Crippen molar-refractivity contribution in [3.63, 3.8) is 0 Å². The number of carbonyl (C=O) groups is 1. The first kappa shape index (κ1) is 15.6. The van der Waals surface area contributed by atoms with Crippen molar-refractivity contribution in [2.24, 2.45) is 0 Å². The molecule has 1 aliphatic rings. The molecule has 4 nitrogen and oxygen atoms in total. The van der Waals surface area contributed by atoms with E-state index in [2.05, 4.69) is 5.16 Å². The molecule has 1 fully saturated rings. The summed E-state index contributed by atoms with van der Waals surface area (Å²) in [6.45, 7) is 0.370. The number of thioether (sulfide) groups is 1. The molecule has 0 aliphatic heterocycles. The van der Waals surface area contributed by atoms with Crippen LogP contribution in [-0.2, 0) is 11.3 Å².